The van der Waals surface area contributed by atoms with Gasteiger partial charge in [-0.3, -0.25) is 4.79 Å². The fourth-order valence-corrected chi connectivity index (χ4v) is 3.12. The predicted molar refractivity (Wildman–Crippen MR) is 104 cm³/mol. The maximum absolute atomic E-state index is 12.8. The molecule has 1 N–H and O–H groups in total. The quantitative estimate of drug-likeness (QED) is 0.842. The average Bonchev–Trinajstić information content (AvgIpc) is 2.69. The molecule has 1 saturated heterocycles. The van der Waals surface area contributed by atoms with E-state index in [9.17, 15) is 4.79 Å². The molecule has 2 aromatic rings. The number of carbonyl (C=O) groups excluding carboxylic acids is 1. The molecule has 0 spiro atoms. The van der Waals surface area contributed by atoms with Gasteiger partial charge in [0.05, 0.1) is 18.9 Å². The zero-order chi connectivity index (χ0) is 19.2. The second kappa shape index (κ2) is 8.70. The third-order valence-electron chi connectivity index (χ3n) is 4.51. The lowest BCUT2D eigenvalue weighted by molar-refractivity contribution is -0.120. The number of methoxy groups -OCH3 is 1. The van der Waals surface area contributed by atoms with Crippen molar-refractivity contribution in [2.45, 2.75) is 32.8 Å². The fourth-order valence-electron chi connectivity index (χ4n) is 3.12. The number of piperidine rings is 1. The summed E-state index contributed by atoms with van der Waals surface area (Å²) in [6.45, 7) is 5.43. The lowest BCUT2D eigenvalue weighted by Gasteiger charge is -2.31. The summed E-state index contributed by atoms with van der Waals surface area (Å²) in [5.41, 5.74) is 0.641. The first-order valence-corrected chi connectivity index (χ1v) is 9.24. The van der Waals surface area contributed by atoms with E-state index >= 15 is 0 Å². The van der Waals surface area contributed by atoms with Crippen LogP contribution in [-0.4, -0.2) is 42.2 Å². The number of ether oxygens (including phenoxy) is 2. The third kappa shape index (κ3) is 4.87. The van der Waals surface area contributed by atoms with Crippen LogP contribution < -0.4 is 19.7 Å². The summed E-state index contributed by atoms with van der Waals surface area (Å²) >= 11 is 0. The van der Waals surface area contributed by atoms with E-state index in [1.165, 1.54) is 0 Å². The molecule has 1 aromatic carbocycles. The van der Waals surface area contributed by atoms with E-state index in [0.29, 0.717) is 17.2 Å². The van der Waals surface area contributed by atoms with Crippen molar-refractivity contribution in [3.63, 3.8) is 0 Å². The summed E-state index contributed by atoms with van der Waals surface area (Å²) < 4.78 is 11.1. The smallest absolute Gasteiger partial charge is 0.227 e. The third-order valence-corrected chi connectivity index (χ3v) is 4.51. The van der Waals surface area contributed by atoms with Gasteiger partial charge in [0.15, 0.2) is 0 Å². The number of hydrogen-bond acceptors (Lipinski definition) is 6. The van der Waals surface area contributed by atoms with E-state index in [1.807, 2.05) is 26.0 Å². The highest BCUT2D eigenvalue weighted by atomic mass is 16.5. The molecule has 0 radical (unpaired) electrons. The van der Waals surface area contributed by atoms with Crippen LogP contribution in [-0.2, 0) is 4.79 Å². The van der Waals surface area contributed by atoms with Crippen molar-refractivity contribution in [2.75, 3.05) is 30.4 Å². The largest absolute Gasteiger partial charge is 0.497 e. The van der Waals surface area contributed by atoms with Gasteiger partial charge < -0.3 is 19.7 Å². The van der Waals surface area contributed by atoms with E-state index in [2.05, 4.69) is 20.2 Å². The number of nitrogens with zero attached hydrogens (tertiary/aromatic N) is 3. The van der Waals surface area contributed by atoms with E-state index in [-0.39, 0.29) is 17.9 Å². The molecule has 1 amide bonds. The van der Waals surface area contributed by atoms with Crippen molar-refractivity contribution in [1.82, 2.24) is 9.97 Å². The van der Waals surface area contributed by atoms with Gasteiger partial charge in [0, 0.05) is 37.5 Å². The summed E-state index contributed by atoms with van der Waals surface area (Å²) in [5, 5.41) is 3.02. The van der Waals surface area contributed by atoms with Gasteiger partial charge in [0.25, 0.3) is 0 Å². The predicted octanol–water partition coefficient (Wildman–Crippen LogP) is 3.13. The van der Waals surface area contributed by atoms with Crippen molar-refractivity contribution in [3.05, 3.63) is 36.7 Å². The molecule has 0 saturated carbocycles. The molecular formula is C20H26N4O3. The number of nitrogens with one attached hydrogen (secondary N) is 1. The minimum atomic E-state index is -0.0527. The van der Waals surface area contributed by atoms with Crippen molar-refractivity contribution in [2.24, 2.45) is 5.92 Å². The molecule has 0 aliphatic carbocycles. The zero-order valence-corrected chi connectivity index (χ0v) is 16.0. The summed E-state index contributed by atoms with van der Waals surface area (Å²) in [4.78, 5) is 23.5. The molecule has 0 bridgehead atoms. The second-order valence-corrected chi connectivity index (χ2v) is 6.83. The van der Waals surface area contributed by atoms with Crippen LogP contribution in [0.5, 0.6) is 11.5 Å². The molecule has 3 rings (SSSR count). The molecule has 7 heteroatoms. The number of anilines is 2. The summed E-state index contributed by atoms with van der Waals surface area (Å²) in [6.07, 6.45) is 5.01. The molecule has 2 heterocycles. The van der Waals surface area contributed by atoms with E-state index in [0.717, 1.165) is 31.9 Å². The van der Waals surface area contributed by atoms with E-state index in [1.54, 1.807) is 31.6 Å². The van der Waals surface area contributed by atoms with Gasteiger partial charge in [-0.1, -0.05) is 0 Å². The van der Waals surface area contributed by atoms with E-state index in [4.69, 9.17) is 9.47 Å². The van der Waals surface area contributed by atoms with Gasteiger partial charge in [-0.15, -0.1) is 0 Å². The van der Waals surface area contributed by atoms with Gasteiger partial charge in [-0.2, -0.15) is 0 Å². The highest BCUT2D eigenvalue weighted by Crippen LogP contribution is 2.31. The molecule has 1 aromatic heterocycles. The monoisotopic (exact) mass is 370 g/mol. The molecule has 27 heavy (non-hydrogen) atoms. The van der Waals surface area contributed by atoms with Crippen molar-refractivity contribution in [3.8, 4) is 11.5 Å². The Bertz CT molecular complexity index is 759. The Labute approximate surface area is 159 Å². The number of amides is 1. The lowest BCUT2D eigenvalue weighted by Crippen LogP contribution is -2.39. The Morgan fingerprint density at radius 1 is 1.22 bits per heavy atom. The molecular weight excluding hydrogens is 344 g/mol. The fraction of sp³-hybridized carbons (Fsp3) is 0.450. The Hall–Kier alpha value is -2.83. The molecule has 1 fully saturated rings. The minimum absolute atomic E-state index is 0.00508. The van der Waals surface area contributed by atoms with Crippen LogP contribution in [0.25, 0.3) is 0 Å². The van der Waals surface area contributed by atoms with Crippen molar-refractivity contribution >= 4 is 17.5 Å². The molecule has 7 nitrogen and oxygen atoms in total. The molecule has 144 valence electrons. The van der Waals surface area contributed by atoms with Crippen molar-refractivity contribution < 1.29 is 14.3 Å². The van der Waals surface area contributed by atoms with Crippen molar-refractivity contribution in [1.29, 1.82) is 0 Å². The average molecular weight is 370 g/mol. The summed E-state index contributed by atoms with van der Waals surface area (Å²) in [6, 6.07) is 7.24. The van der Waals surface area contributed by atoms with Gasteiger partial charge in [-0.25, -0.2) is 9.97 Å². The van der Waals surface area contributed by atoms with Gasteiger partial charge in [0.2, 0.25) is 11.9 Å². The SMILES string of the molecule is COc1ccc(OC(C)C)c(NC(=O)C2CCN(c3ncccn3)CC2)c1. The second-order valence-electron chi connectivity index (χ2n) is 6.83. The van der Waals surface area contributed by atoms with Crippen LogP contribution in [0, 0.1) is 5.92 Å². The van der Waals surface area contributed by atoms with Crippen LogP contribution in [0.15, 0.2) is 36.7 Å². The van der Waals surface area contributed by atoms with Gasteiger partial charge >= 0.3 is 0 Å². The normalized spacial score (nSPS) is 14.9. The summed E-state index contributed by atoms with van der Waals surface area (Å²) in [5.74, 6) is 2.00. The van der Waals surface area contributed by atoms with Crippen LogP contribution in [0.1, 0.15) is 26.7 Å². The first-order valence-electron chi connectivity index (χ1n) is 9.24. The Morgan fingerprint density at radius 2 is 1.93 bits per heavy atom. The standard InChI is InChI=1S/C20H26N4O3/c1-14(2)27-18-6-5-16(26-3)13-17(18)23-19(25)15-7-11-24(12-8-15)20-21-9-4-10-22-20/h4-6,9-10,13-15H,7-8,11-12H2,1-3H3,(H,23,25). The number of benzene rings is 1. The number of aromatic nitrogens is 2. The Morgan fingerprint density at radius 3 is 2.56 bits per heavy atom. The van der Waals surface area contributed by atoms with Crippen LogP contribution >= 0.6 is 0 Å². The van der Waals surface area contributed by atoms with E-state index < -0.39 is 0 Å². The highest BCUT2D eigenvalue weighted by Gasteiger charge is 2.26. The van der Waals surface area contributed by atoms with Gasteiger partial charge in [-0.05, 0) is 44.9 Å². The van der Waals surface area contributed by atoms with Crippen LogP contribution in [0.2, 0.25) is 0 Å². The number of rotatable bonds is 6. The minimum Gasteiger partial charge on any atom is -0.497 e. The number of carbonyl (C=O) groups is 1. The maximum Gasteiger partial charge on any atom is 0.227 e. The van der Waals surface area contributed by atoms with Crippen LogP contribution in [0.4, 0.5) is 11.6 Å². The Balaban J connectivity index is 1.64. The van der Waals surface area contributed by atoms with Crippen LogP contribution in [0.3, 0.4) is 0 Å². The molecule has 1 aliphatic heterocycles. The molecule has 0 unspecified atom stereocenters. The Kier molecular flexibility index (Phi) is 6.11. The first kappa shape index (κ1) is 18.9. The molecule has 1 aliphatic rings. The van der Waals surface area contributed by atoms with Gasteiger partial charge in [0.1, 0.15) is 11.5 Å². The lowest BCUT2D eigenvalue weighted by atomic mass is 9.96. The maximum atomic E-state index is 12.8. The highest BCUT2D eigenvalue weighted by molar-refractivity contribution is 5.94. The zero-order valence-electron chi connectivity index (χ0n) is 16.0. The molecule has 0 atom stereocenters. The topological polar surface area (TPSA) is 76.6 Å². The first-order chi connectivity index (χ1) is 13.1. The number of hydrogen-bond donors (Lipinski definition) is 1. The summed E-state index contributed by atoms with van der Waals surface area (Å²) in [7, 11) is 1.60.